The van der Waals surface area contributed by atoms with Gasteiger partial charge in [-0.05, 0) is 30.7 Å². The van der Waals surface area contributed by atoms with E-state index in [4.69, 9.17) is 0 Å². The Morgan fingerprint density at radius 2 is 1.80 bits per heavy atom. The van der Waals surface area contributed by atoms with Crippen molar-refractivity contribution in [2.75, 3.05) is 5.32 Å². The molecule has 2 aromatic carbocycles. The minimum Gasteiger partial charge on any atom is -0.324 e. The molecule has 0 bridgehead atoms. The molecule has 1 amide bonds. The molecule has 0 spiro atoms. The first kappa shape index (κ1) is 19.3. The van der Waals surface area contributed by atoms with E-state index in [1.807, 2.05) is 18.2 Å². The molecule has 0 aliphatic carbocycles. The maximum Gasteiger partial charge on any atom is 0.331 e. The third-order valence-corrected chi connectivity index (χ3v) is 4.84. The number of hydrogen-bond acceptors (Lipinski definition) is 5. The zero-order chi connectivity index (χ0) is 21.1. The molecule has 152 valence electrons. The molecule has 2 heterocycles. The smallest absolute Gasteiger partial charge is 0.324 e. The van der Waals surface area contributed by atoms with Crippen LogP contribution in [0.15, 0.2) is 70.8 Å². The fourth-order valence-electron chi connectivity index (χ4n) is 3.40. The van der Waals surface area contributed by atoms with E-state index in [1.54, 1.807) is 48.3 Å². The molecular weight excluding hydrogens is 384 g/mol. The standard InChI is InChI=1S/C21H20N6O3/c1-2-26-20(29)16-8-4-6-10-18(16)27(21(26)30)12-19(28)24-17-9-5-3-7-15(17)11-25-14-22-13-23-25/h3-10,13-14H,2,11-12H2,1H3,(H,24,28). The Morgan fingerprint density at radius 1 is 1.03 bits per heavy atom. The van der Waals surface area contributed by atoms with E-state index >= 15 is 0 Å². The monoisotopic (exact) mass is 404 g/mol. The summed E-state index contributed by atoms with van der Waals surface area (Å²) in [6, 6.07) is 14.2. The highest BCUT2D eigenvalue weighted by Gasteiger charge is 2.15. The number of benzene rings is 2. The van der Waals surface area contributed by atoms with Crippen LogP contribution in [0.5, 0.6) is 0 Å². The van der Waals surface area contributed by atoms with Gasteiger partial charge in [0.1, 0.15) is 19.2 Å². The van der Waals surface area contributed by atoms with Crippen LogP contribution in [0.4, 0.5) is 5.69 Å². The number of nitrogens with one attached hydrogen (secondary N) is 1. The molecule has 2 aromatic heterocycles. The number of nitrogens with zero attached hydrogens (tertiary/aromatic N) is 5. The number of amides is 1. The van der Waals surface area contributed by atoms with Gasteiger partial charge in [-0.25, -0.2) is 14.5 Å². The molecule has 0 aliphatic heterocycles. The second-order valence-electron chi connectivity index (χ2n) is 6.73. The molecule has 9 heteroatoms. The van der Waals surface area contributed by atoms with Crippen LogP contribution in [0, 0.1) is 0 Å². The third-order valence-electron chi connectivity index (χ3n) is 4.84. The van der Waals surface area contributed by atoms with E-state index < -0.39 is 5.69 Å². The normalized spacial score (nSPS) is 11.0. The molecule has 0 atom stereocenters. The van der Waals surface area contributed by atoms with Crippen LogP contribution in [0.25, 0.3) is 10.9 Å². The van der Waals surface area contributed by atoms with E-state index in [9.17, 15) is 14.4 Å². The fraction of sp³-hybridized carbons (Fsp3) is 0.190. The summed E-state index contributed by atoms with van der Waals surface area (Å²) in [7, 11) is 0. The van der Waals surface area contributed by atoms with Crippen LogP contribution >= 0.6 is 0 Å². The molecule has 0 radical (unpaired) electrons. The first-order valence-electron chi connectivity index (χ1n) is 9.51. The quantitative estimate of drug-likeness (QED) is 0.524. The highest BCUT2D eigenvalue weighted by molar-refractivity contribution is 5.92. The Hall–Kier alpha value is -4.01. The van der Waals surface area contributed by atoms with Gasteiger partial charge in [-0.15, -0.1) is 0 Å². The van der Waals surface area contributed by atoms with Crippen LogP contribution in [0.3, 0.4) is 0 Å². The molecule has 4 aromatic rings. The van der Waals surface area contributed by atoms with Gasteiger partial charge in [-0.3, -0.25) is 18.7 Å². The Bertz CT molecular complexity index is 1320. The zero-order valence-corrected chi connectivity index (χ0v) is 16.4. The van der Waals surface area contributed by atoms with Crippen molar-refractivity contribution >= 4 is 22.5 Å². The summed E-state index contributed by atoms with van der Waals surface area (Å²) in [5, 5.41) is 7.36. The van der Waals surface area contributed by atoms with Crippen LogP contribution in [0.1, 0.15) is 12.5 Å². The lowest BCUT2D eigenvalue weighted by Crippen LogP contribution is -2.41. The number of fused-ring (bicyclic) bond motifs is 1. The summed E-state index contributed by atoms with van der Waals surface area (Å²) in [6.07, 6.45) is 3.04. The molecule has 4 rings (SSSR count). The second kappa shape index (κ2) is 8.16. The predicted molar refractivity (Wildman–Crippen MR) is 112 cm³/mol. The summed E-state index contributed by atoms with van der Waals surface area (Å²) in [4.78, 5) is 42.1. The molecule has 0 fully saturated rings. The van der Waals surface area contributed by atoms with Crippen LogP contribution in [-0.4, -0.2) is 29.8 Å². The molecule has 0 aliphatic rings. The second-order valence-corrected chi connectivity index (χ2v) is 6.73. The Kier molecular flexibility index (Phi) is 5.25. The number of anilines is 1. The van der Waals surface area contributed by atoms with Gasteiger partial charge >= 0.3 is 5.69 Å². The van der Waals surface area contributed by atoms with Crippen molar-refractivity contribution in [2.45, 2.75) is 26.6 Å². The van der Waals surface area contributed by atoms with E-state index in [0.29, 0.717) is 23.1 Å². The maximum atomic E-state index is 12.8. The van der Waals surface area contributed by atoms with Gasteiger partial charge in [-0.2, -0.15) is 5.10 Å². The van der Waals surface area contributed by atoms with Crippen LogP contribution in [0.2, 0.25) is 0 Å². The third kappa shape index (κ3) is 3.64. The van der Waals surface area contributed by atoms with Crippen molar-refractivity contribution in [1.29, 1.82) is 0 Å². The van der Waals surface area contributed by atoms with E-state index in [-0.39, 0.29) is 24.6 Å². The zero-order valence-electron chi connectivity index (χ0n) is 16.4. The number of carbonyl (C=O) groups is 1. The maximum absolute atomic E-state index is 12.8. The summed E-state index contributed by atoms with van der Waals surface area (Å²) in [5.74, 6) is -0.366. The van der Waals surface area contributed by atoms with Crippen LogP contribution in [-0.2, 0) is 24.4 Å². The van der Waals surface area contributed by atoms with Crippen LogP contribution < -0.4 is 16.6 Å². The van der Waals surface area contributed by atoms with Crippen molar-refractivity contribution in [1.82, 2.24) is 23.9 Å². The molecule has 0 saturated heterocycles. The molecule has 0 saturated carbocycles. The molecule has 0 unspecified atom stereocenters. The number of rotatable bonds is 6. The van der Waals surface area contributed by atoms with E-state index in [1.165, 1.54) is 10.9 Å². The predicted octanol–water partition coefficient (Wildman–Crippen LogP) is 1.46. The van der Waals surface area contributed by atoms with Gasteiger partial charge in [0.25, 0.3) is 5.56 Å². The molecule has 9 nitrogen and oxygen atoms in total. The number of aromatic nitrogens is 5. The van der Waals surface area contributed by atoms with Crippen molar-refractivity contribution in [2.24, 2.45) is 0 Å². The molecule has 30 heavy (non-hydrogen) atoms. The minimum absolute atomic E-state index is 0.211. The summed E-state index contributed by atoms with van der Waals surface area (Å²) in [6.45, 7) is 2.19. The summed E-state index contributed by atoms with van der Waals surface area (Å²) < 4.78 is 4.12. The first-order chi connectivity index (χ1) is 14.6. The van der Waals surface area contributed by atoms with Crippen molar-refractivity contribution in [3.63, 3.8) is 0 Å². The Balaban J connectivity index is 1.66. The van der Waals surface area contributed by atoms with E-state index in [2.05, 4.69) is 15.4 Å². The average Bonchev–Trinajstić information content (AvgIpc) is 3.26. The average molecular weight is 404 g/mol. The highest BCUT2D eigenvalue weighted by Crippen LogP contribution is 2.16. The summed E-state index contributed by atoms with van der Waals surface area (Å²) >= 11 is 0. The van der Waals surface area contributed by atoms with E-state index in [0.717, 1.165) is 10.1 Å². The fourth-order valence-corrected chi connectivity index (χ4v) is 3.40. The van der Waals surface area contributed by atoms with Gasteiger partial charge in [0.2, 0.25) is 5.91 Å². The largest absolute Gasteiger partial charge is 0.331 e. The lowest BCUT2D eigenvalue weighted by atomic mass is 10.1. The Morgan fingerprint density at radius 3 is 2.57 bits per heavy atom. The topological polar surface area (TPSA) is 104 Å². The van der Waals surface area contributed by atoms with Crippen molar-refractivity contribution < 1.29 is 4.79 Å². The van der Waals surface area contributed by atoms with Gasteiger partial charge < -0.3 is 5.32 Å². The van der Waals surface area contributed by atoms with Gasteiger partial charge in [0, 0.05) is 12.2 Å². The Labute approximate surface area is 171 Å². The van der Waals surface area contributed by atoms with Gasteiger partial charge in [-0.1, -0.05) is 30.3 Å². The van der Waals surface area contributed by atoms with Crippen molar-refractivity contribution in [3.05, 3.63) is 87.6 Å². The number of para-hydroxylation sites is 2. The lowest BCUT2D eigenvalue weighted by Gasteiger charge is -2.14. The van der Waals surface area contributed by atoms with Gasteiger partial charge in [0.15, 0.2) is 0 Å². The first-order valence-corrected chi connectivity index (χ1v) is 9.51. The minimum atomic E-state index is -0.507. The molecular formula is C21H20N6O3. The molecule has 1 N–H and O–H groups in total. The SMILES string of the molecule is CCn1c(=O)c2ccccc2n(CC(=O)Nc2ccccc2Cn2cncn2)c1=O. The number of hydrogen-bond donors (Lipinski definition) is 1. The van der Waals surface area contributed by atoms with Gasteiger partial charge in [0.05, 0.1) is 17.4 Å². The lowest BCUT2D eigenvalue weighted by molar-refractivity contribution is -0.116. The highest BCUT2D eigenvalue weighted by atomic mass is 16.2. The number of carbonyl (C=O) groups excluding carboxylic acids is 1. The summed E-state index contributed by atoms with van der Waals surface area (Å²) in [5.41, 5.74) is 1.05. The van der Waals surface area contributed by atoms with Crippen molar-refractivity contribution in [3.8, 4) is 0 Å².